The molecule has 0 fully saturated rings. The minimum atomic E-state index is -0.114. The van der Waals surface area contributed by atoms with Gasteiger partial charge >= 0.3 is 0 Å². The third-order valence-electron chi connectivity index (χ3n) is 3.09. The number of ether oxygens (including phenoxy) is 1. The second-order valence-corrected chi connectivity index (χ2v) is 5.34. The van der Waals surface area contributed by atoms with E-state index in [0.717, 1.165) is 22.6 Å². The van der Waals surface area contributed by atoms with E-state index in [1.165, 1.54) is 0 Å². The molecule has 3 rings (SSSR count). The molecule has 2 aromatic rings. The molecule has 3 heteroatoms. The minimum absolute atomic E-state index is 0.114. The Morgan fingerprint density at radius 1 is 1.00 bits per heavy atom. The molecule has 0 spiro atoms. The molecule has 0 N–H and O–H groups in total. The molecule has 2 heterocycles. The van der Waals surface area contributed by atoms with Crippen molar-refractivity contribution in [2.75, 3.05) is 6.61 Å². The van der Waals surface area contributed by atoms with Gasteiger partial charge in [0, 0.05) is 18.0 Å². The van der Waals surface area contributed by atoms with Crippen LogP contribution in [-0.2, 0) is 4.74 Å². The van der Waals surface area contributed by atoms with Crippen LogP contribution in [0.15, 0.2) is 53.8 Å². The number of aliphatic imine (C=N–C) groups is 1. The zero-order chi connectivity index (χ0) is 13.3. The van der Waals surface area contributed by atoms with Crippen LogP contribution in [0, 0.1) is 0 Å². The number of benzene rings is 1. The lowest BCUT2D eigenvalue weighted by atomic mass is 10.1. The lowest BCUT2D eigenvalue weighted by Crippen LogP contribution is -2.17. The van der Waals surface area contributed by atoms with Crippen molar-refractivity contribution in [1.29, 1.82) is 0 Å². The Morgan fingerprint density at radius 2 is 1.74 bits per heavy atom. The number of hydrogen-bond donors (Lipinski definition) is 0. The summed E-state index contributed by atoms with van der Waals surface area (Å²) in [5.41, 5.74) is 3.17. The Morgan fingerprint density at radius 3 is 2.32 bits per heavy atom. The van der Waals surface area contributed by atoms with Gasteiger partial charge in [-0.1, -0.05) is 18.2 Å². The third kappa shape index (κ3) is 2.50. The lowest BCUT2D eigenvalue weighted by Gasteiger charge is -2.07. The summed E-state index contributed by atoms with van der Waals surface area (Å²) in [5.74, 6) is 0.739. The second kappa shape index (κ2) is 4.50. The largest absolute Gasteiger partial charge is 0.475 e. The predicted octanol–water partition coefficient (Wildman–Crippen LogP) is 3.30. The minimum Gasteiger partial charge on any atom is -0.475 e. The summed E-state index contributed by atoms with van der Waals surface area (Å²) in [5, 5.41) is 0. The van der Waals surface area contributed by atoms with E-state index in [1.807, 2.05) is 24.4 Å². The molecule has 0 bridgehead atoms. The van der Waals surface area contributed by atoms with Crippen LogP contribution in [0.2, 0.25) is 0 Å². The normalized spacial score (nSPS) is 16.8. The van der Waals surface area contributed by atoms with Gasteiger partial charge in [-0.15, -0.1) is 0 Å². The van der Waals surface area contributed by atoms with Crippen LogP contribution in [0.5, 0.6) is 0 Å². The average Bonchev–Trinajstić information content (AvgIpc) is 2.80. The predicted molar refractivity (Wildman–Crippen MR) is 76.2 cm³/mol. The molecule has 0 saturated carbocycles. The van der Waals surface area contributed by atoms with E-state index in [2.05, 4.69) is 42.0 Å². The molecule has 0 amide bonds. The molecule has 0 saturated heterocycles. The van der Waals surface area contributed by atoms with Crippen LogP contribution in [0.1, 0.15) is 19.4 Å². The Bertz CT molecular complexity index is 600. The van der Waals surface area contributed by atoms with Crippen LogP contribution < -0.4 is 0 Å². The smallest absolute Gasteiger partial charge is 0.216 e. The number of pyridine rings is 1. The van der Waals surface area contributed by atoms with Gasteiger partial charge in [0.15, 0.2) is 0 Å². The molecule has 1 aromatic carbocycles. The average molecular weight is 252 g/mol. The maximum Gasteiger partial charge on any atom is 0.216 e. The van der Waals surface area contributed by atoms with E-state index in [9.17, 15) is 0 Å². The number of rotatable bonds is 2. The van der Waals surface area contributed by atoms with Crippen molar-refractivity contribution in [3.8, 4) is 11.1 Å². The summed E-state index contributed by atoms with van der Waals surface area (Å²) in [6.07, 6.45) is 3.64. The standard InChI is InChI=1S/C16H16N2O/c1-16(2)11-19-15(18-16)13-7-5-12(6-8-13)14-4-3-9-17-10-14/h3-10H,11H2,1-2H3. The highest BCUT2D eigenvalue weighted by Gasteiger charge is 2.26. The third-order valence-corrected chi connectivity index (χ3v) is 3.09. The first-order valence-electron chi connectivity index (χ1n) is 6.38. The van der Waals surface area contributed by atoms with Crippen LogP contribution in [0.4, 0.5) is 0 Å². The van der Waals surface area contributed by atoms with E-state index >= 15 is 0 Å². The van der Waals surface area contributed by atoms with Crippen LogP contribution >= 0.6 is 0 Å². The molecule has 0 aliphatic carbocycles. The van der Waals surface area contributed by atoms with Crippen molar-refractivity contribution in [2.45, 2.75) is 19.4 Å². The Kier molecular flexibility index (Phi) is 2.82. The molecule has 19 heavy (non-hydrogen) atoms. The molecular weight excluding hydrogens is 236 g/mol. The number of nitrogens with zero attached hydrogens (tertiary/aromatic N) is 2. The zero-order valence-electron chi connectivity index (χ0n) is 11.1. The maximum absolute atomic E-state index is 5.64. The molecule has 0 radical (unpaired) electrons. The van der Waals surface area contributed by atoms with Crippen LogP contribution in [-0.4, -0.2) is 23.0 Å². The van der Waals surface area contributed by atoms with E-state index in [-0.39, 0.29) is 5.54 Å². The van der Waals surface area contributed by atoms with Gasteiger partial charge in [0.25, 0.3) is 0 Å². The maximum atomic E-state index is 5.64. The Balaban J connectivity index is 1.88. The van der Waals surface area contributed by atoms with Gasteiger partial charge in [0.2, 0.25) is 5.90 Å². The SMILES string of the molecule is CC1(C)COC(c2ccc(-c3cccnc3)cc2)=N1. The van der Waals surface area contributed by atoms with Gasteiger partial charge in [-0.05, 0) is 43.2 Å². The van der Waals surface area contributed by atoms with Crippen molar-refractivity contribution >= 4 is 5.90 Å². The Labute approximate surface area is 113 Å². The second-order valence-electron chi connectivity index (χ2n) is 5.34. The summed E-state index contributed by atoms with van der Waals surface area (Å²) >= 11 is 0. The van der Waals surface area contributed by atoms with Gasteiger partial charge in [-0.3, -0.25) is 4.98 Å². The van der Waals surface area contributed by atoms with Crippen molar-refractivity contribution in [2.24, 2.45) is 4.99 Å². The van der Waals surface area contributed by atoms with Crippen LogP contribution in [0.3, 0.4) is 0 Å². The quantitative estimate of drug-likeness (QED) is 0.821. The molecule has 1 aliphatic rings. The first kappa shape index (κ1) is 11.9. The molecule has 3 nitrogen and oxygen atoms in total. The van der Waals surface area contributed by atoms with Gasteiger partial charge in [-0.25, -0.2) is 4.99 Å². The fourth-order valence-corrected chi connectivity index (χ4v) is 2.07. The summed E-state index contributed by atoms with van der Waals surface area (Å²) < 4.78 is 5.64. The van der Waals surface area contributed by atoms with Gasteiger partial charge in [-0.2, -0.15) is 0 Å². The Hall–Kier alpha value is -2.16. The van der Waals surface area contributed by atoms with Crippen molar-refractivity contribution in [3.63, 3.8) is 0 Å². The number of hydrogen-bond acceptors (Lipinski definition) is 3. The zero-order valence-corrected chi connectivity index (χ0v) is 11.1. The lowest BCUT2D eigenvalue weighted by molar-refractivity contribution is 0.279. The summed E-state index contributed by atoms with van der Waals surface area (Å²) in [6.45, 7) is 4.79. The summed E-state index contributed by atoms with van der Waals surface area (Å²) in [6, 6.07) is 12.2. The topological polar surface area (TPSA) is 34.5 Å². The number of aromatic nitrogens is 1. The molecular formula is C16H16N2O. The van der Waals surface area contributed by atoms with Crippen molar-refractivity contribution in [1.82, 2.24) is 4.98 Å². The summed E-state index contributed by atoms with van der Waals surface area (Å²) in [4.78, 5) is 8.71. The van der Waals surface area contributed by atoms with E-state index in [1.54, 1.807) is 6.20 Å². The first-order chi connectivity index (χ1) is 9.14. The highest BCUT2D eigenvalue weighted by molar-refractivity contribution is 5.95. The van der Waals surface area contributed by atoms with Gasteiger partial charge < -0.3 is 4.74 Å². The fourth-order valence-electron chi connectivity index (χ4n) is 2.07. The van der Waals surface area contributed by atoms with Gasteiger partial charge in [0.05, 0.1) is 5.54 Å². The molecule has 0 unspecified atom stereocenters. The molecule has 96 valence electrons. The highest BCUT2D eigenvalue weighted by atomic mass is 16.5. The van der Waals surface area contributed by atoms with Crippen molar-refractivity contribution in [3.05, 3.63) is 54.4 Å². The van der Waals surface area contributed by atoms with E-state index in [0.29, 0.717) is 6.61 Å². The van der Waals surface area contributed by atoms with Crippen LogP contribution in [0.25, 0.3) is 11.1 Å². The first-order valence-corrected chi connectivity index (χ1v) is 6.38. The molecule has 0 atom stereocenters. The monoisotopic (exact) mass is 252 g/mol. The highest BCUT2D eigenvalue weighted by Crippen LogP contribution is 2.23. The molecule has 1 aliphatic heterocycles. The summed E-state index contributed by atoms with van der Waals surface area (Å²) in [7, 11) is 0. The molecule has 1 aromatic heterocycles. The van der Waals surface area contributed by atoms with Crippen molar-refractivity contribution < 1.29 is 4.74 Å². The van der Waals surface area contributed by atoms with Gasteiger partial charge in [0.1, 0.15) is 6.61 Å². The fraction of sp³-hybridized carbons (Fsp3) is 0.250. The van der Waals surface area contributed by atoms with E-state index < -0.39 is 0 Å². The van der Waals surface area contributed by atoms with E-state index in [4.69, 9.17) is 4.74 Å².